The molecule has 0 unspecified atom stereocenters. The second kappa shape index (κ2) is 6.04. The highest BCUT2D eigenvalue weighted by Gasteiger charge is 2.28. The summed E-state index contributed by atoms with van der Waals surface area (Å²) < 4.78 is 19.0. The molecule has 0 aliphatic carbocycles. The predicted molar refractivity (Wildman–Crippen MR) is 83.0 cm³/mol. The van der Waals surface area contributed by atoms with E-state index in [0.717, 1.165) is 0 Å². The SMILES string of the molecule is NC[C@@H]1CN(C(=O)c2[nH]c3ccc(F)c(Cl)c3c2Cl)CCO1. The van der Waals surface area contributed by atoms with E-state index in [1.807, 2.05) is 0 Å². The molecule has 118 valence electrons. The highest BCUT2D eigenvalue weighted by Crippen LogP contribution is 2.35. The molecule has 1 fully saturated rings. The number of benzene rings is 1. The molecule has 1 aromatic heterocycles. The minimum Gasteiger partial charge on any atom is -0.373 e. The zero-order valence-electron chi connectivity index (χ0n) is 11.5. The van der Waals surface area contributed by atoms with Gasteiger partial charge in [-0.05, 0) is 12.1 Å². The molecule has 22 heavy (non-hydrogen) atoms. The van der Waals surface area contributed by atoms with Crippen molar-refractivity contribution in [3.63, 3.8) is 0 Å². The monoisotopic (exact) mass is 345 g/mol. The van der Waals surface area contributed by atoms with E-state index in [0.29, 0.717) is 37.1 Å². The Balaban J connectivity index is 1.98. The van der Waals surface area contributed by atoms with Crippen LogP contribution in [0, 0.1) is 5.82 Å². The lowest BCUT2D eigenvalue weighted by atomic mass is 10.2. The van der Waals surface area contributed by atoms with Crippen LogP contribution < -0.4 is 5.73 Å². The van der Waals surface area contributed by atoms with Gasteiger partial charge in [-0.2, -0.15) is 0 Å². The number of morpholine rings is 1. The molecule has 0 radical (unpaired) electrons. The summed E-state index contributed by atoms with van der Waals surface area (Å²) in [6.45, 7) is 1.59. The van der Waals surface area contributed by atoms with Crippen LogP contribution >= 0.6 is 23.2 Å². The first-order valence-electron chi connectivity index (χ1n) is 6.79. The summed E-state index contributed by atoms with van der Waals surface area (Å²) in [4.78, 5) is 17.2. The average Bonchev–Trinajstić information content (AvgIpc) is 2.88. The van der Waals surface area contributed by atoms with Crippen molar-refractivity contribution in [1.29, 1.82) is 0 Å². The first-order valence-corrected chi connectivity index (χ1v) is 7.54. The first kappa shape index (κ1) is 15.6. The number of amides is 1. The van der Waals surface area contributed by atoms with Crippen LogP contribution in [0.3, 0.4) is 0 Å². The summed E-state index contributed by atoms with van der Waals surface area (Å²) in [5, 5.41) is 0.343. The lowest BCUT2D eigenvalue weighted by Gasteiger charge is -2.32. The molecule has 2 aromatic rings. The lowest BCUT2D eigenvalue weighted by molar-refractivity contribution is -0.0169. The first-order chi connectivity index (χ1) is 10.5. The number of H-pyrrole nitrogens is 1. The van der Waals surface area contributed by atoms with Gasteiger partial charge in [-0.25, -0.2) is 4.39 Å². The van der Waals surface area contributed by atoms with E-state index >= 15 is 0 Å². The molecule has 5 nitrogen and oxygen atoms in total. The number of fused-ring (bicyclic) bond motifs is 1. The number of nitrogens with two attached hydrogens (primary N) is 1. The smallest absolute Gasteiger partial charge is 0.272 e. The van der Waals surface area contributed by atoms with Crippen molar-refractivity contribution in [2.24, 2.45) is 5.73 Å². The van der Waals surface area contributed by atoms with Crippen molar-refractivity contribution in [2.75, 3.05) is 26.2 Å². The Hall–Kier alpha value is -1.34. The van der Waals surface area contributed by atoms with E-state index in [1.165, 1.54) is 12.1 Å². The molecule has 1 aliphatic heterocycles. The molecule has 1 atom stereocenters. The Morgan fingerprint density at radius 2 is 2.23 bits per heavy atom. The number of carbonyl (C=O) groups is 1. The van der Waals surface area contributed by atoms with Gasteiger partial charge in [0, 0.05) is 30.5 Å². The maximum Gasteiger partial charge on any atom is 0.272 e. The van der Waals surface area contributed by atoms with Gasteiger partial charge < -0.3 is 20.4 Å². The second-order valence-electron chi connectivity index (χ2n) is 5.08. The summed E-state index contributed by atoms with van der Waals surface area (Å²) in [6, 6.07) is 2.73. The molecule has 3 rings (SSSR count). The zero-order valence-corrected chi connectivity index (χ0v) is 13.0. The summed E-state index contributed by atoms with van der Waals surface area (Å²) >= 11 is 12.2. The number of carbonyl (C=O) groups excluding carboxylic acids is 1. The average molecular weight is 346 g/mol. The van der Waals surface area contributed by atoms with E-state index in [-0.39, 0.29) is 27.8 Å². The summed E-state index contributed by atoms with van der Waals surface area (Å²) in [7, 11) is 0. The summed E-state index contributed by atoms with van der Waals surface area (Å²) in [6.07, 6.45) is -0.193. The van der Waals surface area contributed by atoms with Gasteiger partial charge in [0.05, 0.1) is 22.8 Å². The van der Waals surface area contributed by atoms with Gasteiger partial charge in [-0.1, -0.05) is 23.2 Å². The van der Waals surface area contributed by atoms with Gasteiger partial charge in [0.2, 0.25) is 0 Å². The number of hydrogen-bond donors (Lipinski definition) is 2. The van der Waals surface area contributed by atoms with E-state index in [1.54, 1.807) is 4.90 Å². The topological polar surface area (TPSA) is 71.3 Å². The predicted octanol–water partition coefficient (Wildman–Crippen LogP) is 2.41. The molecule has 1 saturated heterocycles. The number of halogens is 3. The Kier molecular flexibility index (Phi) is 4.27. The summed E-state index contributed by atoms with van der Waals surface area (Å²) in [5.74, 6) is -0.858. The molecule has 1 aliphatic rings. The Bertz CT molecular complexity index is 734. The molecule has 2 heterocycles. The fourth-order valence-corrected chi connectivity index (χ4v) is 3.17. The van der Waals surface area contributed by atoms with Crippen LogP contribution in [0.25, 0.3) is 10.9 Å². The van der Waals surface area contributed by atoms with Crippen molar-refractivity contribution in [2.45, 2.75) is 6.10 Å². The highest BCUT2D eigenvalue weighted by atomic mass is 35.5. The van der Waals surface area contributed by atoms with Crippen molar-refractivity contribution >= 4 is 40.0 Å². The van der Waals surface area contributed by atoms with Crippen molar-refractivity contribution < 1.29 is 13.9 Å². The van der Waals surface area contributed by atoms with E-state index < -0.39 is 5.82 Å². The number of ether oxygens (including phenoxy) is 1. The van der Waals surface area contributed by atoms with Gasteiger partial charge in [-0.15, -0.1) is 0 Å². The Morgan fingerprint density at radius 1 is 1.45 bits per heavy atom. The third-order valence-electron chi connectivity index (χ3n) is 3.70. The van der Waals surface area contributed by atoms with Crippen LogP contribution in [-0.2, 0) is 4.74 Å². The largest absolute Gasteiger partial charge is 0.373 e. The van der Waals surface area contributed by atoms with Gasteiger partial charge >= 0.3 is 0 Å². The van der Waals surface area contributed by atoms with Crippen LogP contribution in [0.1, 0.15) is 10.5 Å². The molecule has 8 heteroatoms. The summed E-state index contributed by atoms with van der Waals surface area (Å²) in [5.41, 5.74) is 6.29. The molecular formula is C14H14Cl2FN3O2. The van der Waals surface area contributed by atoms with E-state index in [9.17, 15) is 9.18 Å². The van der Waals surface area contributed by atoms with Gasteiger partial charge in [0.1, 0.15) is 11.5 Å². The van der Waals surface area contributed by atoms with Crippen molar-refractivity contribution in [3.05, 3.63) is 33.7 Å². The van der Waals surface area contributed by atoms with Gasteiger partial charge in [-0.3, -0.25) is 4.79 Å². The maximum atomic E-state index is 13.6. The maximum absolute atomic E-state index is 13.6. The third-order valence-corrected chi connectivity index (χ3v) is 4.44. The number of nitrogens with zero attached hydrogens (tertiary/aromatic N) is 1. The molecule has 0 spiro atoms. The number of aromatic nitrogens is 1. The third kappa shape index (κ3) is 2.56. The lowest BCUT2D eigenvalue weighted by Crippen LogP contribution is -2.48. The second-order valence-corrected chi connectivity index (χ2v) is 5.83. The number of rotatable bonds is 2. The van der Waals surface area contributed by atoms with Crippen LogP contribution in [0.2, 0.25) is 10.0 Å². The number of nitrogens with one attached hydrogen (secondary N) is 1. The van der Waals surface area contributed by atoms with Gasteiger partial charge in [0.15, 0.2) is 0 Å². The molecule has 3 N–H and O–H groups in total. The minimum absolute atomic E-state index is 0.0976. The molecule has 0 bridgehead atoms. The quantitative estimate of drug-likeness (QED) is 0.877. The van der Waals surface area contributed by atoms with Crippen LogP contribution in [0.4, 0.5) is 4.39 Å². The molecule has 1 amide bonds. The van der Waals surface area contributed by atoms with E-state index in [2.05, 4.69) is 4.98 Å². The normalized spacial score (nSPS) is 18.9. The highest BCUT2D eigenvalue weighted by molar-refractivity contribution is 6.44. The van der Waals surface area contributed by atoms with Gasteiger partial charge in [0.25, 0.3) is 5.91 Å². The number of hydrogen-bond acceptors (Lipinski definition) is 3. The molecular weight excluding hydrogens is 332 g/mol. The van der Waals surface area contributed by atoms with Crippen LogP contribution in [-0.4, -0.2) is 48.1 Å². The minimum atomic E-state index is -0.580. The number of aromatic amines is 1. The fourth-order valence-electron chi connectivity index (χ4n) is 2.54. The molecule has 1 aromatic carbocycles. The molecule has 0 saturated carbocycles. The van der Waals surface area contributed by atoms with E-state index in [4.69, 9.17) is 33.7 Å². The van der Waals surface area contributed by atoms with Crippen LogP contribution in [0.15, 0.2) is 12.1 Å². The Labute approximate surface area is 136 Å². The Morgan fingerprint density at radius 3 is 2.95 bits per heavy atom. The van der Waals surface area contributed by atoms with Crippen LogP contribution in [0.5, 0.6) is 0 Å². The standard InChI is InChI=1S/C14H14Cl2FN3O2/c15-11-8(17)1-2-9-10(11)12(16)13(19-9)14(21)20-3-4-22-7(5-18)6-20/h1-2,7,19H,3-6,18H2/t7-/m1/s1. The van der Waals surface area contributed by atoms with Crippen molar-refractivity contribution in [3.8, 4) is 0 Å². The fraction of sp³-hybridized carbons (Fsp3) is 0.357. The van der Waals surface area contributed by atoms with Crippen molar-refractivity contribution in [1.82, 2.24) is 9.88 Å². The zero-order chi connectivity index (χ0) is 15.9.